The number of aromatic nitrogens is 1. The molecule has 0 radical (unpaired) electrons. The van der Waals surface area contributed by atoms with E-state index in [-0.39, 0.29) is 16.4 Å². The number of aliphatic hydroxyl groups is 1. The summed E-state index contributed by atoms with van der Waals surface area (Å²) in [6, 6.07) is 18.9. The highest BCUT2D eigenvalue weighted by Gasteiger charge is 2.24. The number of non-ortho nitro benzene ring substituents is 1. The van der Waals surface area contributed by atoms with Gasteiger partial charge in [-0.3, -0.25) is 10.1 Å². The number of benzene rings is 2. The average Bonchev–Trinajstić information content (AvgIpc) is 2.70. The fourth-order valence-electron chi connectivity index (χ4n) is 2.63. The molecule has 0 unspecified atom stereocenters. The number of anilines is 1. The monoisotopic (exact) mass is 392 g/mol. The Hall–Kier alpha value is -3.58. The van der Waals surface area contributed by atoms with Gasteiger partial charge in [0.05, 0.1) is 4.92 Å². The predicted octanol–water partition coefficient (Wildman–Crippen LogP) is 4.51. The maximum atomic E-state index is 11.1. The molecule has 0 aliphatic carbocycles. The van der Waals surface area contributed by atoms with E-state index in [1.165, 1.54) is 18.2 Å². The number of aliphatic hydroxyl groups excluding tert-OH is 1. The summed E-state index contributed by atoms with van der Waals surface area (Å²) in [5.41, 5.74) is 2.39. The SMILES string of the molecule is Cc1ccc(NC(=S)C(=C(O)c2cccc([N+](=O)[O-])c2)[n+]2ccccc2)cc1. The second-order valence-electron chi connectivity index (χ2n) is 6.11. The van der Waals surface area contributed by atoms with E-state index in [0.29, 0.717) is 11.3 Å². The Morgan fingerprint density at radius 2 is 1.75 bits per heavy atom. The first-order chi connectivity index (χ1) is 13.5. The van der Waals surface area contributed by atoms with Crippen LogP contribution in [0.2, 0.25) is 0 Å². The van der Waals surface area contributed by atoms with E-state index in [9.17, 15) is 15.2 Å². The van der Waals surface area contributed by atoms with Crippen LogP contribution in [0.25, 0.3) is 11.5 Å². The minimum absolute atomic E-state index is 0.112. The molecule has 0 saturated heterocycles. The average molecular weight is 392 g/mol. The molecule has 1 heterocycles. The van der Waals surface area contributed by atoms with Crippen LogP contribution in [0.4, 0.5) is 11.4 Å². The second kappa shape index (κ2) is 8.41. The van der Waals surface area contributed by atoms with Crippen LogP contribution < -0.4 is 9.88 Å². The summed E-state index contributed by atoms with van der Waals surface area (Å²) in [6.45, 7) is 1.99. The number of rotatable bonds is 5. The van der Waals surface area contributed by atoms with Gasteiger partial charge in [-0.05, 0) is 19.1 Å². The number of nitro groups is 1. The van der Waals surface area contributed by atoms with Crippen molar-refractivity contribution in [3.05, 3.63) is 100 Å². The van der Waals surface area contributed by atoms with Gasteiger partial charge in [-0.25, -0.2) is 0 Å². The third-order valence-corrected chi connectivity index (χ3v) is 4.35. The molecule has 2 N–H and O–H groups in total. The number of hydrogen-bond donors (Lipinski definition) is 2. The maximum Gasteiger partial charge on any atom is 0.288 e. The number of thiocarbonyl (C=S) groups is 1. The number of nitrogens with zero attached hydrogens (tertiary/aromatic N) is 2. The van der Waals surface area contributed by atoms with Crippen LogP contribution >= 0.6 is 12.2 Å². The van der Waals surface area contributed by atoms with E-state index >= 15 is 0 Å². The predicted molar refractivity (Wildman–Crippen MR) is 113 cm³/mol. The van der Waals surface area contributed by atoms with Gasteiger partial charge in [0.2, 0.25) is 0 Å². The van der Waals surface area contributed by atoms with Crippen LogP contribution in [-0.4, -0.2) is 15.0 Å². The highest BCUT2D eigenvalue weighted by Crippen LogP contribution is 2.22. The van der Waals surface area contributed by atoms with Crippen LogP contribution in [0.3, 0.4) is 0 Å². The molecule has 0 saturated carbocycles. The molecule has 0 spiro atoms. The topological polar surface area (TPSA) is 79.3 Å². The Morgan fingerprint density at radius 1 is 1.07 bits per heavy atom. The van der Waals surface area contributed by atoms with Crippen molar-refractivity contribution in [1.82, 2.24) is 0 Å². The van der Waals surface area contributed by atoms with Crippen LogP contribution in [0.5, 0.6) is 0 Å². The molecule has 0 aliphatic rings. The van der Waals surface area contributed by atoms with Gasteiger partial charge in [0.15, 0.2) is 23.1 Å². The Kier molecular flexibility index (Phi) is 5.76. The van der Waals surface area contributed by atoms with Gasteiger partial charge >= 0.3 is 0 Å². The molecular formula is C21H18N3O3S+. The fraction of sp³-hybridized carbons (Fsp3) is 0.0476. The first-order valence-corrected chi connectivity index (χ1v) is 8.89. The number of aryl methyl sites for hydroxylation is 1. The summed E-state index contributed by atoms with van der Waals surface area (Å²) in [6.07, 6.45) is 3.48. The van der Waals surface area contributed by atoms with Gasteiger partial charge in [0.25, 0.3) is 11.4 Å². The van der Waals surface area contributed by atoms with E-state index in [1.807, 2.05) is 37.3 Å². The van der Waals surface area contributed by atoms with Crippen molar-refractivity contribution in [2.75, 3.05) is 5.32 Å². The first-order valence-electron chi connectivity index (χ1n) is 8.48. The molecule has 0 amide bonds. The molecule has 0 bridgehead atoms. The number of pyridine rings is 1. The molecule has 6 nitrogen and oxygen atoms in total. The second-order valence-corrected chi connectivity index (χ2v) is 6.52. The Bertz CT molecular complexity index is 1050. The molecule has 0 fully saturated rings. The van der Waals surface area contributed by atoms with Crippen molar-refractivity contribution in [2.24, 2.45) is 0 Å². The van der Waals surface area contributed by atoms with E-state index in [1.54, 1.807) is 35.2 Å². The zero-order valence-corrected chi connectivity index (χ0v) is 15.9. The lowest BCUT2D eigenvalue weighted by Crippen LogP contribution is -2.38. The summed E-state index contributed by atoms with van der Waals surface area (Å²) in [4.78, 5) is 10.9. The zero-order valence-electron chi connectivity index (χ0n) is 15.1. The van der Waals surface area contributed by atoms with Gasteiger partial charge in [-0.2, -0.15) is 4.57 Å². The zero-order chi connectivity index (χ0) is 20.1. The lowest BCUT2D eigenvalue weighted by Gasteiger charge is -2.10. The molecule has 28 heavy (non-hydrogen) atoms. The molecule has 3 rings (SSSR count). The van der Waals surface area contributed by atoms with Gasteiger partial charge in [-0.15, -0.1) is 0 Å². The Morgan fingerprint density at radius 3 is 2.39 bits per heavy atom. The minimum atomic E-state index is -0.505. The van der Waals surface area contributed by atoms with Crippen molar-refractivity contribution < 1.29 is 14.6 Å². The summed E-state index contributed by atoms with van der Waals surface area (Å²) in [5.74, 6) is -0.162. The maximum absolute atomic E-state index is 11.1. The summed E-state index contributed by atoms with van der Waals surface area (Å²) in [7, 11) is 0. The first kappa shape index (κ1) is 19.2. The van der Waals surface area contributed by atoms with Crippen LogP contribution in [0, 0.1) is 17.0 Å². The van der Waals surface area contributed by atoms with Crippen molar-refractivity contribution in [2.45, 2.75) is 6.92 Å². The highest BCUT2D eigenvalue weighted by molar-refractivity contribution is 7.81. The van der Waals surface area contributed by atoms with Gasteiger partial charge in [0.1, 0.15) is 0 Å². The molecule has 7 heteroatoms. The molecule has 2 aromatic carbocycles. The van der Waals surface area contributed by atoms with E-state index in [4.69, 9.17) is 12.2 Å². The van der Waals surface area contributed by atoms with Crippen molar-refractivity contribution >= 4 is 40.0 Å². The standard InChI is InChI=1S/C21H17N3O3S/c1-15-8-10-17(11-9-15)22-21(28)19(23-12-3-2-4-13-23)20(25)16-6-5-7-18(14-16)24(26)27/h2-14H,1H3,(H-,22,25,28)/p+1. The van der Waals surface area contributed by atoms with Crippen LogP contribution in [-0.2, 0) is 0 Å². The van der Waals surface area contributed by atoms with Crippen LogP contribution in [0.15, 0.2) is 79.1 Å². The summed E-state index contributed by atoms with van der Waals surface area (Å²) in [5, 5.41) is 25.1. The molecule has 0 atom stereocenters. The van der Waals surface area contributed by atoms with Gasteiger partial charge < -0.3 is 10.4 Å². The molecular weight excluding hydrogens is 374 g/mol. The van der Waals surface area contributed by atoms with E-state index in [0.717, 1.165) is 11.3 Å². The number of hydrogen-bond acceptors (Lipinski definition) is 4. The largest absolute Gasteiger partial charge is 0.502 e. The van der Waals surface area contributed by atoms with Gasteiger partial charge in [0, 0.05) is 35.5 Å². The Balaban J connectivity index is 2.07. The normalized spacial score (nSPS) is 11.5. The fourth-order valence-corrected chi connectivity index (χ4v) is 2.95. The lowest BCUT2D eigenvalue weighted by molar-refractivity contribution is -0.575. The Labute approximate surface area is 167 Å². The van der Waals surface area contributed by atoms with E-state index in [2.05, 4.69) is 5.32 Å². The molecule has 3 aromatic rings. The smallest absolute Gasteiger partial charge is 0.288 e. The molecule has 1 aromatic heterocycles. The minimum Gasteiger partial charge on any atom is -0.502 e. The highest BCUT2D eigenvalue weighted by atomic mass is 32.1. The summed E-state index contributed by atoms with van der Waals surface area (Å²) >= 11 is 5.55. The van der Waals surface area contributed by atoms with Crippen molar-refractivity contribution in [3.63, 3.8) is 0 Å². The van der Waals surface area contributed by atoms with E-state index < -0.39 is 4.92 Å². The van der Waals surface area contributed by atoms with Crippen LogP contribution in [0.1, 0.15) is 11.1 Å². The van der Waals surface area contributed by atoms with Gasteiger partial charge in [-0.1, -0.05) is 48.1 Å². The molecule has 0 aliphatic heterocycles. The third kappa shape index (κ3) is 4.39. The lowest BCUT2D eigenvalue weighted by atomic mass is 10.1. The summed E-state index contributed by atoms with van der Waals surface area (Å²) < 4.78 is 1.66. The van der Waals surface area contributed by atoms with Crippen molar-refractivity contribution in [1.29, 1.82) is 0 Å². The molecule has 140 valence electrons. The number of nitro benzene ring substituents is 1. The van der Waals surface area contributed by atoms with Crippen molar-refractivity contribution in [3.8, 4) is 0 Å². The third-order valence-electron chi connectivity index (χ3n) is 4.05. The number of nitrogens with one attached hydrogen (secondary N) is 1. The quantitative estimate of drug-likeness (QED) is 0.167.